The van der Waals surface area contributed by atoms with E-state index in [1.807, 2.05) is 38.6 Å². The van der Waals surface area contributed by atoms with Crippen LogP contribution in [0, 0.1) is 5.41 Å². The third-order valence-corrected chi connectivity index (χ3v) is 4.55. The van der Waals surface area contributed by atoms with E-state index in [2.05, 4.69) is 9.80 Å². The van der Waals surface area contributed by atoms with Gasteiger partial charge in [0, 0.05) is 29.7 Å². The Kier molecular flexibility index (Phi) is 5.13. The predicted octanol–water partition coefficient (Wildman–Crippen LogP) is 1.19. The summed E-state index contributed by atoms with van der Waals surface area (Å²) in [5, 5.41) is 18.0. The van der Waals surface area contributed by atoms with Gasteiger partial charge in [0.25, 0.3) is 0 Å². The second-order valence-corrected chi connectivity index (χ2v) is 6.57. The summed E-state index contributed by atoms with van der Waals surface area (Å²) in [6.07, 6.45) is 2.41. The minimum atomic E-state index is -0.326. The zero-order valence-corrected chi connectivity index (χ0v) is 13.7. The van der Waals surface area contributed by atoms with Crippen LogP contribution in [0.5, 0.6) is 0 Å². The molecule has 5 nitrogen and oxygen atoms in total. The van der Waals surface area contributed by atoms with E-state index in [0.717, 1.165) is 29.1 Å². The van der Waals surface area contributed by atoms with Gasteiger partial charge in [-0.05, 0) is 38.9 Å². The highest BCUT2D eigenvalue weighted by molar-refractivity contribution is 7.98. The van der Waals surface area contributed by atoms with Crippen molar-refractivity contribution in [2.45, 2.75) is 23.5 Å². The Balaban J connectivity index is 2.42. The summed E-state index contributed by atoms with van der Waals surface area (Å²) in [6, 6.07) is 6.21. The van der Waals surface area contributed by atoms with Crippen LogP contribution >= 0.6 is 11.8 Å². The SMILES string of the molecule is CSc1cccc(N2CC(O)CC2CN(C)C)c1C(=N)N. The highest BCUT2D eigenvalue weighted by atomic mass is 32.2. The number of β-amino-alcohol motifs (C(OH)–C–C–N with tert-alkyl or cyclic N) is 1. The van der Waals surface area contributed by atoms with Gasteiger partial charge in [-0.25, -0.2) is 0 Å². The summed E-state index contributed by atoms with van der Waals surface area (Å²) < 4.78 is 0. The summed E-state index contributed by atoms with van der Waals surface area (Å²) in [6.45, 7) is 1.47. The lowest BCUT2D eigenvalue weighted by Crippen LogP contribution is -2.38. The summed E-state index contributed by atoms with van der Waals surface area (Å²) in [4.78, 5) is 5.33. The molecule has 0 saturated carbocycles. The van der Waals surface area contributed by atoms with Crippen LogP contribution in [0.1, 0.15) is 12.0 Å². The second-order valence-electron chi connectivity index (χ2n) is 5.73. The van der Waals surface area contributed by atoms with Gasteiger partial charge in [-0.1, -0.05) is 6.07 Å². The van der Waals surface area contributed by atoms with Gasteiger partial charge >= 0.3 is 0 Å². The standard InChI is InChI=1S/C15H24N4OS/c1-18(2)8-10-7-11(20)9-19(10)12-5-4-6-13(21-3)14(12)15(16)17/h4-6,10-11,20H,7-9H2,1-3H3,(H3,16,17). The first-order chi connectivity index (χ1) is 9.93. The second kappa shape index (κ2) is 6.68. The van der Waals surface area contributed by atoms with Crippen LogP contribution in [-0.4, -0.2) is 61.4 Å². The van der Waals surface area contributed by atoms with Gasteiger partial charge in [0.15, 0.2) is 0 Å². The summed E-state index contributed by atoms with van der Waals surface area (Å²) in [5.74, 6) is 0.0833. The molecule has 0 amide bonds. The topological polar surface area (TPSA) is 76.6 Å². The van der Waals surface area contributed by atoms with Crippen molar-refractivity contribution in [3.05, 3.63) is 23.8 Å². The van der Waals surface area contributed by atoms with Crippen molar-refractivity contribution >= 4 is 23.3 Å². The Labute approximate surface area is 130 Å². The Bertz CT molecular complexity index is 520. The lowest BCUT2D eigenvalue weighted by atomic mass is 10.1. The van der Waals surface area contributed by atoms with Gasteiger partial charge in [-0.2, -0.15) is 0 Å². The number of nitrogen functional groups attached to an aromatic ring is 1. The Morgan fingerprint density at radius 2 is 2.24 bits per heavy atom. The van der Waals surface area contributed by atoms with Gasteiger partial charge < -0.3 is 20.6 Å². The number of rotatable bonds is 5. The first kappa shape index (κ1) is 16.1. The van der Waals surface area contributed by atoms with Crippen LogP contribution in [0.2, 0.25) is 0 Å². The lowest BCUT2D eigenvalue weighted by Gasteiger charge is -2.30. The Morgan fingerprint density at radius 1 is 1.52 bits per heavy atom. The van der Waals surface area contributed by atoms with E-state index in [4.69, 9.17) is 11.1 Å². The van der Waals surface area contributed by atoms with Gasteiger partial charge in [0.05, 0.1) is 11.7 Å². The average Bonchev–Trinajstić information content (AvgIpc) is 2.77. The van der Waals surface area contributed by atoms with Crippen molar-refractivity contribution in [3.63, 3.8) is 0 Å². The van der Waals surface area contributed by atoms with Crippen molar-refractivity contribution in [2.24, 2.45) is 5.73 Å². The van der Waals surface area contributed by atoms with E-state index in [-0.39, 0.29) is 18.0 Å². The minimum Gasteiger partial charge on any atom is -0.391 e. The summed E-state index contributed by atoms with van der Waals surface area (Å²) >= 11 is 1.59. The maximum atomic E-state index is 10.0. The van der Waals surface area contributed by atoms with Gasteiger partial charge in [-0.3, -0.25) is 5.41 Å². The van der Waals surface area contributed by atoms with Crippen LogP contribution in [-0.2, 0) is 0 Å². The molecule has 2 unspecified atom stereocenters. The highest BCUT2D eigenvalue weighted by Crippen LogP contribution is 2.33. The number of amidine groups is 1. The number of anilines is 1. The van der Waals surface area contributed by atoms with Crippen LogP contribution in [0.4, 0.5) is 5.69 Å². The first-order valence-corrected chi connectivity index (χ1v) is 8.27. The van der Waals surface area contributed by atoms with Crippen LogP contribution in [0.15, 0.2) is 23.1 Å². The van der Waals surface area contributed by atoms with Gasteiger partial charge in [-0.15, -0.1) is 11.8 Å². The molecular formula is C15H24N4OS. The number of nitrogens with two attached hydrogens (primary N) is 1. The number of hydrogen-bond acceptors (Lipinski definition) is 5. The highest BCUT2D eigenvalue weighted by Gasteiger charge is 2.33. The molecule has 1 heterocycles. The fraction of sp³-hybridized carbons (Fsp3) is 0.533. The van der Waals surface area contributed by atoms with E-state index < -0.39 is 0 Å². The molecule has 0 aromatic heterocycles. The molecule has 0 spiro atoms. The molecule has 1 aliphatic rings. The third-order valence-electron chi connectivity index (χ3n) is 3.77. The normalized spacial score (nSPS) is 22.0. The zero-order valence-electron chi connectivity index (χ0n) is 12.8. The number of benzene rings is 1. The van der Waals surface area contributed by atoms with Crippen LogP contribution in [0.3, 0.4) is 0 Å². The number of nitrogens with one attached hydrogen (secondary N) is 1. The molecule has 1 fully saturated rings. The molecule has 116 valence electrons. The molecule has 6 heteroatoms. The number of nitrogens with zero attached hydrogens (tertiary/aromatic N) is 2. The largest absolute Gasteiger partial charge is 0.391 e. The smallest absolute Gasteiger partial charge is 0.126 e. The molecule has 0 bridgehead atoms. The maximum absolute atomic E-state index is 10.0. The number of aliphatic hydroxyl groups is 1. The molecule has 1 aromatic rings. The number of aliphatic hydroxyl groups excluding tert-OH is 1. The van der Waals surface area contributed by atoms with Crippen LogP contribution < -0.4 is 10.6 Å². The third kappa shape index (κ3) is 3.51. The van der Waals surface area contributed by atoms with Gasteiger partial charge in [0.1, 0.15) is 5.84 Å². The number of thioether (sulfide) groups is 1. The van der Waals surface area contributed by atoms with E-state index in [1.54, 1.807) is 11.8 Å². The van der Waals surface area contributed by atoms with Crippen molar-refractivity contribution in [1.29, 1.82) is 5.41 Å². The predicted molar refractivity (Wildman–Crippen MR) is 89.6 cm³/mol. The molecule has 1 aromatic carbocycles. The van der Waals surface area contributed by atoms with Crippen molar-refractivity contribution in [3.8, 4) is 0 Å². The molecular weight excluding hydrogens is 284 g/mol. The first-order valence-electron chi connectivity index (χ1n) is 7.04. The van der Waals surface area contributed by atoms with Crippen molar-refractivity contribution < 1.29 is 5.11 Å². The minimum absolute atomic E-state index is 0.0833. The van der Waals surface area contributed by atoms with E-state index >= 15 is 0 Å². The van der Waals surface area contributed by atoms with Gasteiger partial charge in [0.2, 0.25) is 0 Å². The van der Waals surface area contributed by atoms with Crippen molar-refractivity contribution in [1.82, 2.24) is 4.90 Å². The molecule has 21 heavy (non-hydrogen) atoms. The molecule has 1 aliphatic heterocycles. The van der Waals surface area contributed by atoms with E-state index in [9.17, 15) is 5.11 Å². The maximum Gasteiger partial charge on any atom is 0.126 e. The van der Waals surface area contributed by atoms with Crippen LogP contribution in [0.25, 0.3) is 0 Å². The quantitative estimate of drug-likeness (QED) is 0.433. The Hall–Kier alpha value is -1.24. The number of hydrogen-bond donors (Lipinski definition) is 3. The average molecular weight is 308 g/mol. The van der Waals surface area contributed by atoms with E-state index in [0.29, 0.717) is 6.54 Å². The fourth-order valence-corrected chi connectivity index (χ4v) is 3.61. The molecule has 0 aliphatic carbocycles. The molecule has 1 saturated heterocycles. The van der Waals surface area contributed by atoms with Crippen molar-refractivity contribution in [2.75, 3.05) is 38.3 Å². The molecule has 0 radical (unpaired) electrons. The Morgan fingerprint density at radius 3 is 2.81 bits per heavy atom. The summed E-state index contributed by atoms with van der Waals surface area (Å²) in [7, 11) is 4.07. The van der Waals surface area contributed by atoms with E-state index in [1.165, 1.54) is 0 Å². The molecule has 2 atom stereocenters. The fourth-order valence-electron chi connectivity index (χ4n) is 2.98. The zero-order chi connectivity index (χ0) is 15.6. The molecule has 2 rings (SSSR count). The monoisotopic (exact) mass is 308 g/mol. The summed E-state index contributed by atoms with van der Waals surface area (Å²) in [5.41, 5.74) is 7.55. The molecule has 4 N–H and O–H groups in total. The number of likely N-dealkylation sites (N-methyl/N-ethyl adjacent to an activating group) is 1. The lowest BCUT2D eigenvalue weighted by molar-refractivity contribution is 0.191.